The standard InChI is InChI=1S/C17H21N3O.C16H21N3O2S.C15H19ClN4O.C13H14ClN5O.C9H9ClN2O2/c1-11(21)20-6-4-13(5-7-20)15-8-14(12-2-3-12)9-17-16(15)10-18-19-17;1-22(20,21)19-6-4-12(5-7-19)14-8-13(11-2-3-11)9-16-15(14)10-17-18-16;1-3-12-9-19(4-5-20(12)10(2)21)15-7-11(16)6-14-13(15)8-17-18-14;14-8-3-11-10(6-16-17-11)12(4-8)18-1-2-19-9(7-18)5-15-13(19)20;10-6-3-8-7(5-11-12-8)9(4-6)14-2-1-13/h8-10,12-13H,2-7H2,1H3,(H,18,19);8-12H,2-7H2,1H3,(H,17,18);6-8,12H,3-5,9H2,1-2H3,(H,17,18);3-4,6,9H,1-2,5,7H2,(H,15,20)(H,16,17);3-5,13H,1-2H2,(H,11,12). The molecule has 28 heteroatoms. The topological polar surface area (TPSA) is 290 Å². The number of aromatic nitrogens is 10. The van der Waals surface area contributed by atoms with Crippen LogP contribution in [0.4, 0.5) is 16.2 Å². The van der Waals surface area contributed by atoms with E-state index in [0.717, 1.165) is 140 Å². The number of likely N-dealkylation sites (tertiary alicyclic amines) is 1. The summed E-state index contributed by atoms with van der Waals surface area (Å²) in [6, 6.07) is 21.0. The number of nitrogens with one attached hydrogen (secondary N) is 6. The Morgan fingerprint density at radius 2 is 1.01 bits per heavy atom. The number of H-pyrrole nitrogens is 5. The van der Waals surface area contributed by atoms with Crippen LogP contribution in [0.25, 0.3) is 54.5 Å². The predicted molar refractivity (Wildman–Crippen MR) is 384 cm³/mol. The molecule has 2 unspecified atom stereocenters. The molecule has 5 aliphatic heterocycles. The summed E-state index contributed by atoms with van der Waals surface area (Å²) in [5, 5.41) is 54.4. The molecule has 7 aliphatic rings. The van der Waals surface area contributed by atoms with Crippen molar-refractivity contribution in [2.45, 2.75) is 114 Å². The van der Waals surface area contributed by atoms with Gasteiger partial charge in [0, 0.05) is 140 Å². The second kappa shape index (κ2) is 29.7. The van der Waals surface area contributed by atoms with Crippen molar-refractivity contribution >= 4 is 129 Å². The van der Waals surface area contributed by atoms with E-state index >= 15 is 0 Å². The van der Waals surface area contributed by atoms with Crippen LogP contribution in [-0.4, -0.2) is 205 Å². The number of rotatable bonds is 11. The Balaban J connectivity index is 0.000000111. The number of aliphatic hydroxyl groups is 1. The lowest BCUT2D eigenvalue weighted by atomic mass is 9.86. The molecule has 24 nitrogen and oxygen atoms in total. The lowest BCUT2D eigenvalue weighted by Crippen LogP contribution is -2.54. The van der Waals surface area contributed by atoms with E-state index in [-0.39, 0.29) is 43.1 Å². The molecule has 5 saturated heterocycles. The third-order valence-electron chi connectivity index (χ3n) is 20.2. The molecular weight excluding hydrogens is 1330 g/mol. The predicted octanol–water partition coefficient (Wildman–Crippen LogP) is 11.4. The number of carbonyl (C=O) groups excluding carboxylic acids is 3. The van der Waals surface area contributed by atoms with Crippen molar-refractivity contribution in [2.24, 2.45) is 0 Å². The molecule has 518 valence electrons. The fourth-order valence-corrected chi connectivity index (χ4v) is 16.1. The second-order valence-electron chi connectivity index (χ2n) is 26.7. The number of urea groups is 1. The molecule has 0 radical (unpaired) electrons. The van der Waals surface area contributed by atoms with Gasteiger partial charge < -0.3 is 39.7 Å². The van der Waals surface area contributed by atoms with Crippen LogP contribution in [-0.2, 0) is 19.6 Å². The van der Waals surface area contributed by atoms with Crippen LogP contribution in [0.15, 0.2) is 91.6 Å². The van der Waals surface area contributed by atoms with Crippen LogP contribution >= 0.6 is 34.8 Å². The van der Waals surface area contributed by atoms with E-state index in [4.69, 9.17) is 44.6 Å². The minimum absolute atomic E-state index is 0.0220. The van der Waals surface area contributed by atoms with Crippen LogP contribution in [0.2, 0.25) is 15.1 Å². The normalized spacial score (nSPS) is 19.3. The number of nitrogens with zero attached hydrogens (tertiary/aromatic N) is 11. The lowest BCUT2D eigenvalue weighted by Gasteiger charge is -2.42. The Morgan fingerprint density at radius 1 is 0.551 bits per heavy atom. The zero-order valence-corrected chi connectivity index (χ0v) is 58.6. The van der Waals surface area contributed by atoms with Gasteiger partial charge in [-0.25, -0.2) is 17.5 Å². The summed E-state index contributed by atoms with van der Waals surface area (Å²) >= 11 is 18.3. The SMILES string of the molecule is CC(=O)N1CCC(c2cc(C3CC3)cc3[nH]ncc23)CC1.CCC1CN(c2cc(Cl)cc3[nH]ncc23)CCN1C(C)=O.CS(=O)(=O)N1CCC(c2cc(C3CC3)cc3[nH]ncc23)CC1.O=C1NCC2CN(c3cc(Cl)cc4[nH]ncc34)CCN12.OCCOc1cc(Cl)cc2[nH]ncc12. The minimum atomic E-state index is -3.06. The first kappa shape index (κ1) is 68.3. The third kappa shape index (κ3) is 15.5. The molecule has 2 saturated carbocycles. The maximum Gasteiger partial charge on any atom is 0.317 e. The molecule has 5 aromatic carbocycles. The Kier molecular flexibility index (Phi) is 20.7. The summed E-state index contributed by atoms with van der Waals surface area (Å²) in [6.07, 6.45) is 20.6. The minimum Gasteiger partial charge on any atom is -0.490 e. The molecule has 5 aromatic heterocycles. The lowest BCUT2D eigenvalue weighted by molar-refractivity contribution is -0.131. The summed E-state index contributed by atoms with van der Waals surface area (Å²) in [4.78, 5) is 45.2. The molecule has 98 heavy (non-hydrogen) atoms. The Labute approximate surface area is 583 Å². The molecule has 10 heterocycles. The number of piperidine rings is 2. The molecule has 7 fully saturated rings. The van der Waals surface area contributed by atoms with Gasteiger partial charge in [0.25, 0.3) is 0 Å². The van der Waals surface area contributed by atoms with Gasteiger partial charge in [-0.05, 0) is 152 Å². The summed E-state index contributed by atoms with van der Waals surface area (Å²) in [5.41, 5.74) is 12.8. The van der Waals surface area contributed by atoms with E-state index in [1.54, 1.807) is 36.5 Å². The second-order valence-corrected chi connectivity index (χ2v) is 30.0. The highest BCUT2D eigenvalue weighted by atomic mass is 35.5. The van der Waals surface area contributed by atoms with E-state index in [1.807, 2.05) is 63.8 Å². The summed E-state index contributed by atoms with van der Waals surface area (Å²) in [7, 11) is -3.06. The molecule has 17 rings (SSSR count). The van der Waals surface area contributed by atoms with Crippen molar-refractivity contribution in [2.75, 3.05) is 101 Å². The van der Waals surface area contributed by atoms with E-state index in [1.165, 1.54) is 70.5 Å². The zero-order valence-electron chi connectivity index (χ0n) is 55.5. The fraction of sp³-hybridized carbons (Fsp3) is 0.457. The average Bonchev–Trinajstić information content (AvgIpc) is 1.58. The Hall–Kier alpha value is -8.20. The number of fused-ring (bicyclic) bond motifs is 6. The van der Waals surface area contributed by atoms with Crippen LogP contribution in [0.3, 0.4) is 0 Å². The number of ether oxygens (including phenoxy) is 1. The molecule has 2 aliphatic carbocycles. The highest BCUT2D eigenvalue weighted by Gasteiger charge is 2.37. The van der Waals surface area contributed by atoms with Gasteiger partial charge in [-0.2, -0.15) is 25.5 Å². The van der Waals surface area contributed by atoms with Crippen molar-refractivity contribution in [1.29, 1.82) is 0 Å². The van der Waals surface area contributed by atoms with E-state index < -0.39 is 10.0 Å². The molecule has 10 aromatic rings. The van der Waals surface area contributed by atoms with Crippen molar-refractivity contribution in [3.05, 3.63) is 129 Å². The van der Waals surface area contributed by atoms with E-state index in [0.29, 0.717) is 58.2 Å². The van der Waals surface area contributed by atoms with Crippen LogP contribution in [0.5, 0.6) is 5.75 Å². The highest BCUT2D eigenvalue weighted by molar-refractivity contribution is 7.88. The van der Waals surface area contributed by atoms with Gasteiger partial charge in [0.2, 0.25) is 21.8 Å². The smallest absolute Gasteiger partial charge is 0.317 e. The first-order valence-electron chi connectivity index (χ1n) is 33.9. The highest BCUT2D eigenvalue weighted by Crippen LogP contribution is 2.45. The molecule has 4 amide bonds. The first-order valence-corrected chi connectivity index (χ1v) is 36.9. The van der Waals surface area contributed by atoms with Gasteiger partial charge in [-0.1, -0.05) is 53.9 Å². The maximum atomic E-state index is 11.7. The van der Waals surface area contributed by atoms with Gasteiger partial charge in [-0.15, -0.1) is 0 Å². The van der Waals surface area contributed by atoms with Gasteiger partial charge in [0.05, 0.1) is 82.9 Å². The van der Waals surface area contributed by atoms with Crippen molar-refractivity contribution in [1.82, 2.24) is 75.3 Å². The van der Waals surface area contributed by atoms with Crippen molar-refractivity contribution < 1.29 is 32.6 Å². The van der Waals surface area contributed by atoms with Gasteiger partial charge in [0.15, 0.2) is 0 Å². The van der Waals surface area contributed by atoms with Crippen LogP contribution in [0, 0.1) is 0 Å². The van der Waals surface area contributed by atoms with Crippen molar-refractivity contribution in [3.8, 4) is 5.75 Å². The number of anilines is 2. The third-order valence-corrected chi connectivity index (χ3v) is 22.1. The Bertz CT molecular complexity index is 4610. The van der Waals surface area contributed by atoms with Crippen LogP contribution in [0.1, 0.15) is 124 Å². The summed E-state index contributed by atoms with van der Waals surface area (Å²) in [6.45, 7) is 14.1. The number of piperazine rings is 2. The molecule has 7 N–H and O–H groups in total. The molecule has 2 atom stereocenters. The number of sulfonamides is 1. The number of amides is 4. The fourth-order valence-electron chi connectivity index (χ4n) is 14.6. The largest absolute Gasteiger partial charge is 0.490 e. The molecule has 0 bridgehead atoms. The molecule has 0 spiro atoms. The monoisotopic (exact) mass is 1410 g/mol. The van der Waals surface area contributed by atoms with Gasteiger partial charge >= 0.3 is 6.03 Å². The van der Waals surface area contributed by atoms with Gasteiger partial charge in [0.1, 0.15) is 12.4 Å². The van der Waals surface area contributed by atoms with E-state index in [2.05, 4.69) is 97.3 Å². The number of aliphatic hydroxyl groups excluding tert-OH is 1. The number of hydrogen-bond acceptors (Lipinski definition) is 14. The van der Waals surface area contributed by atoms with Gasteiger partial charge in [-0.3, -0.25) is 35.1 Å². The number of hydrogen-bond donors (Lipinski definition) is 7. The number of benzene rings is 5. The van der Waals surface area contributed by atoms with E-state index in [9.17, 15) is 22.8 Å². The quantitative estimate of drug-likeness (QED) is 0.0634. The zero-order chi connectivity index (χ0) is 68.4. The van der Waals surface area contributed by atoms with Crippen LogP contribution < -0.4 is 19.9 Å². The number of halogens is 3. The first-order chi connectivity index (χ1) is 47.4. The summed E-state index contributed by atoms with van der Waals surface area (Å²) < 4.78 is 30.2. The number of aromatic amines is 5. The Morgan fingerprint density at radius 3 is 1.49 bits per heavy atom. The maximum absolute atomic E-state index is 11.7. The van der Waals surface area contributed by atoms with Crippen molar-refractivity contribution in [3.63, 3.8) is 0 Å². The summed E-state index contributed by atoms with van der Waals surface area (Å²) in [5.74, 6) is 3.44. The number of carbonyl (C=O) groups is 3. The average molecular weight is 1410 g/mol. The molecular formula is C70H84Cl3N17O7S.